The van der Waals surface area contributed by atoms with E-state index in [1.165, 1.54) is 18.2 Å². The lowest BCUT2D eigenvalue weighted by Gasteiger charge is -2.12. The van der Waals surface area contributed by atoms with Crippen molar-refractivity contribution in [3.8, 4) is 5.75 Å². The van der Waals surface area contributed by atoms with Gasteiger partial charge in [-0.15, -0.1) is 0 Å². The summed E-state index contributed by atoms with van der Waals surface area (Å²) in [6, 6.07) is 9.44. The van der Waals surface area contributed by atoms with Gasteiger partial charge in [-0.3, -0.25) is 0 Å². The van der Waals surface area contributed by atoms with E-state index < -0.39 is 24.4 Å². The fraction of sp³-hybridized carbons (Fsp3) is 0.238. The fourth-order valence-electron chi connectivity index (χ4n) is 2.76. The molecule has 3 rings (SSSR count). The van der Waals surface area contributed by atoms with Crippen molar-refractivity contribution in [3.63, 3.8) is 0 Å². The number of esters is 2. The van der Waals surface area contributed by atoms with Crippen LogP contribution in [0.2, 0.25) is 0 Å². The van der Waals surface area contributed by atoms with E-state index in [9.17, 15) is 19.2 Å². The molecule has 8 nitrogen and oxygen atoms in total. The lowest BCUT2D eigenvalue weighted by atomic mass is 10.2. The number of halogens is 1. The van der Waals surface area contributed by atoms with Gasteiger partial charge in [0.1, 0.15) is 23.7 Å². The molecule has 30 heavy (non-hydrogen) atoms. The van der Waals surface area contributed by atoms with Gasteiger partial charge in [0.15, 0.2) is 5.69 Å². The summed E-state index contributed by atoms with van der Waals surface area (Å²) in [5.74, 6) is -1.69. The SMILES string of the molecule is CCOC(=O)c1c(COC(=O)c2ccc(F)cc2)nc2ccc(OCC)cc2[n+]1[O-]. The Morgan fingerprint density at radius 2 is 1.77 bits per heavy atom. The van der Waals surface area contributed by atoms with E-state index in [4.69, 9.17) is 14.2 Å². The summed E-state index contributed by atoms with van der Waals surface area (Å²) in [6.07, 6.45) is 0. The second-order valence-corrected chi connectivity index (χ2v) is 6.09. The number of carbonyl (C=O) groups excluding carboxylic acids is 2. The van der Waals surface area contributed by atoms with Gasteiger partial charge in [-0.1, -0.05) is 0 Å². The molecular weight excluding hydrogens is 395 g/mol. The van der Waals surface area contributed by atoms with Gasteiger partial charge >= 0.3 is 17.6 Å². The van der Waals surface area contributed by atoms with Gasteiger partial charge < -0.3 is 19.4 Å². The zero-order valence-electron chi connectivity index (χ0n) is 16.4. The summed E-state index contributed by atoms with van der Waals surface area (Å²) in [4.78, 5) is 28.9. The monoisotopic (exact) mass is 414 g/mol. The van der Waals surface area contributed by atoms with Crippen molar-refractivity contribution in [1.82, 2.24) is 4.98 Å². The van der Waals surface area contributed by atoms with E-state index in [-0.39, 0.29) is 34.6 Å². The molecule has 0 unspecified atom stereocenters. The highest BCUT2D eigenvalue weighted by molar-refractivity contribution is 5.90. The van der Waals surface area contributed by atoms with Gasteiger partial charge in [0, 0.05) is 0 Å². The highest BCUT2D eigenvalue weighted by Gasteiger charge is 2.28. The average Bonchev–Trinajstić information content (AvgIpc) is 2.73. The topological polar surface area (TPSA) is 102 Å². The standard InChI is InChI=1S/C21H19FN2O6/c1-3-28-15-9-10-16-18(11-15)24(27)19(21(26)29-4-2)17(23-16)12-30-20(25)13-5-7-14(22)8-6-13/h5-11H,3-4,12H2,1-2H3. The molecule has 1 aromatic heterocycles. The Kier molecular flexibility index (Phi) is 6.41. The van der Waals surface area contributed by atoms with Crippen LogP contribution in [0.15, 0.2) is 42.5 Å². The molecular formula is C21H19FN2O6. The minimum Gasteiger partial charge on any atom is -0.618 e. The third-order valence-electron chi connectivity index (χ3n) is 4.10. The van der Waals surface area contributed by atoms with Gasteiger partial charge in [0.05, 0.1) is 24.8 Å². The van der Waals surface area contributed by atoms with Crippen molar-refractivity contribution in [2.45, 2.75) is 20.5 Å². The number of carbonyl (C=O) groups is 2. The Balaban J connectivity index is 1.97. The zero-order valence-corrected chi connectivity index (χ0v) is 16.4. The van der Waals surface area contributed by atoms with Crippen molar-refractivity contribution in [1.29, 1.82) is 0 Å². The Morgan fingerprint density at radius 3 is 2.43 bits per heavy atom. The second kappa shape index (κ2) is 9.17. The van der Waals surface area contributed by atoms with Crippen molar-refractivity contribution >= 4 is 23.0 Å². The van der Waals surface area contributed by atoms with E-state index in [1.54, 1.807) is 26.0 Å². The van der Waals surface area contributed by atoms with Crippen LogP contribution in [0.25, 0.3) is 11.0 Å². The number of benzene rings is 2. The maximum absolute atomic E-state index is 13.0. The number of hydrogen-bond donors (Lipinski definition) is 0. The van der Waals surface area contributed by atoms with E-state index in [2.05, 4.69) is 4.98 Å². The number of rotatable bonds is 7. The molecule has 2 aromatic carbocycles. The molecule has 0 amide bonds. The molecule has 0 saturated heterocycles. The first-order valence-corrected chi connectivity index (χ1v) is 9.23. The highest BCUT2D eigenvalue weighted by Crippen LogP contribution is 2.20. The summed E-state index contributed by atoms with van der Waals surface area (Å²) in [5.41, 5.74) is 0.0682. The molecule has 0 radical (unpaired) electrons. The minimum absolute atomic E-state index is 0.0463. The van der Waals surface area contributed by atoms with Crippen LogP contribution in [0.5, 0.6) is 5.75 Å². The predicted molar refractivity (Wildman–Crippen MR) is 103 cm³/mol. The van der Waals surface area contributed by atoms with Crippen LogP contribution in [-0.2, 0) is 16.1 Å². The fourth-order valence-corrected chi connectivity index (χ4v) is 2.76. The van der Waals surface area contributed by atoms with Crippen molar-refractivity contribution in [2.75, 3.05) is 13.2 Å². The molecule has 0 fully saturated rings. The van der Waals surface area contributed by atoms with Crippen molar-refractivity contribution in [3.05, 3.63) is 70.4 Å². The third-order valence-corrected chi connectivity index (χ3v) is 4.10. The van der Waals surface area contributed by atoms with Crippen LogP contribution in [0.4, 0.5) is 4.39 Å². The van der Waals surface area contributed by atoms with Crippen LogP contribution >= 0.6 is 0 Å². The van der Waals surface area contributed by atoms with Crippen LogP contribution in [-0.4, -0.2) is 30.1 Å². The Hall–Kier alpha value is -3.75. The van der Waals surface area contributed by atoms with Crippen molar-refractivity contribution < 1.29 is 32.9 Å². The first kappa shape index (κ1) is 21.0. The minimum atomic E-state index is -0.892. The van der Waals surface area contributed by atoms with Crippen LogP contribution in [0.3, 0.4) is 0 Å². The summed E-state index contributed by atoms with van der Waals surface area (Å²) < 4.78 is 29.0. The van der Waals surface area contributed by atoms with Crippen LogP contribution in [0, 0.1) is 11.0 Å². The van der Waals surface area contributed by atoms with Crippen LogP contribution in [0.1, 0.15) is 40.4 Å². The summed E-state index contributed by atoms with van der Waals surface area (Å²) in [5, 5.41) is 12.9. The molecule has 0 bridgehead atoms. The lowest BCUT2D eigenvalue weighted by Crippen LogP contribution is -2.39. The molecule has 0 aliphatic rings. The molecule has 3 aromatic rings. The summed E-state index contributed by atoms with van der Waals surface area (Å²) in [6.45, 7) is 3.40. The molecule has 156 valence electrons. The van der Waals surface area contributed by atoms with Crippen molar-refractivity contribution in [2.24, 2.45) is 0 Å². The molecule has 1 heterocycles. The summed E-state index contributed by atoms with van der Waals surface area (Å²) in [7, 11) is 0. The quantitative estimate of drug-likeness (QED) is 0.333. The Labute approximate surface area is 171 Å². The van der Waals surface area contributed by atoms with Gasteiger partial charge in [-0.2, -0.15) is 4.73 Å². The van der Waals surface area contributed by atoms with E-state index in [0.717, 1.165) is 12.1 Å². The molecule has 0 aliphatic carbocycles. The van der Waals surface area contributed by atoms with E-state index in [0.29, 0.717) is 17.1 Å². The number of ether oxygens (including phenoxy) is 3. The largest absolute Gasteiger partial charge is 0.618 e. The van der Waals surface area contributed by atoms with Crippen LogP contribution < -0.4 is 9.47 Å². The third kappa shape index (κ3) is 4.45. The Morgan fingerprint density at radius 1 is 1.03 bits per heavy atom. The lowest BCUT2D eigenvalue weighted by molar-refractivity contribution is -0.581. The van der Waals surface area contributed by atoms with Gasteiger partial charge in [-0.25, -0.2) is 19.0 Å². The smallest absolute Gasteiger partial charge is 0.407 e. The number of nitrogens with zero attached hydrogens (tertiary/aromatic N) is 2. The first-order chi connectivity index (χ1) is 14.4. The maximum Gasteiger partial charge on any atom is 0.407 e. The first-order valence-electron chi connectivity index (χ1n) is 9.23. The van der Waals surface area contributed by atoms with Gasteiger partial charge in [0.2, 0.25) is 5.52 Å². The average molecular weight is 414 g/mol. The zero-order chi connectivity index (χ0) is 21.7. The molecule has 0 saturated carbocycles. The molecule has 9 heteroatoms. The summed E-state index contributed by atoms with van der Waals surface area (Å²) >= 11 is 0. The number of hydrogen-bond acceptors (Lipinski definition) is 7. The van der Waals surface area contributed by atoms with E-state index in [1.807, 2.05) is 0 Å². The molecule has 0 N–H and O–H groups in total. The second-order valence-electron chi connectivity index (χ2n) is 6.09. The maximum atomic E-state index is 13.0. The Bertz CT molecular complexity index is 1090. The normalized spacial score (nSPS) is 10.6. The molecule has 0 aliphatic heterocycles. The highest BCUT2D eigenvalue weighted by atomic mass is 19.1. The molecule has 0 spiro atoms. The predicted octanol–water partition coefficient (Wildman–Crippen LogP) is 2.94. The number of aromatic nitrogens is 2. The molecule has 0 atom stereocenters. The number of fused-ring (bicyclic) bond motifs is 1. The van der Waals surface area contributed by atoms with E-state index >= 15 is 0 Å². The van der Waals surface area contributed by atoms with Gasteiger partial charge in [-0.05, 0) is 50.2 Å². The van der Waals surface area contributed by atoms with Gasteiger partial charge in [0.25, 0.3) is 0 Å².